The number of carboxylic acid groups (broad SMARTS) is 1. The van der Waals surface area contributed by atoms with Crippen LogP contribution in [0.2, 0.25) is 0 Å². The zero-order valence-electron chi connectivity index (χ0n) is 16.5. The molecule has 0 amide bonds. The first-order chi connectivity index (χ1) is 14.5. The smallest absolute Gasteiger partial charge is 0.480 e. The molecule has 7 nitrogen and oxygen atoms in total. The quantitative estimate of drug-likeness (QED) is 0.182. The van der Waals surface area contributed by atoms with Crippen molar-refractivity contribution in [1.82, 2.24) is 5.32 Å². The average molecular weight is 520 g/mol. The van der Waals surface area contributed by atoms with E-state index in [2.05, 4.69) is 51.0 Å². The van der Waals surface area contributed by atoms with Crippen LogP contribution in [0.4, 0.5) is 0 Å². The number of thioether (sulfide) groups is 1. The minimum absolute atomic E-state index is 0. The molecule has 0 radical (unpaired) electrons. The number of carbonyl (C=O) groups is 1. The molecule has 0 bridgehead atoms. The van der Waals surface area contributed by atoms with E-state index < -0.39 is 12.0 Å². The Morgan fingerprint density at radius 3 is 2.26 bits per heavy atom. The molecule has 0 aliphatic carbocycles. The Hall–Kier alpha value is -2.07. The van der Waals surface area contributed by atoms with Crippen LogP contribution in [-0.2, 0) is 53.0 Å². The third-order valence-electron chi connectivity index (χ3n) is 3.74. The molecule has 31 heavy (non-hydrogen) atoms. The third-order valence-corrected chi connectivity index (χ3v) is 5.17. The van der Waals surface area contributed by atoms with Crippen LogP contribution in [0.25, 0.3) is 0 Å². The minimum atomic E-state index is -0.991. The molecule has 0 saturated carbocycles. The molecule has 0 fully saturated rings. The molecule has 1 atom stereocenters. The summed E-state index contributed by atoms with van der Waals surface area (Å²) in [6, 6.07) is 17.9. The van der Waals surface area contributed by atoms with Crippen LogP contribution in [-0.4, -0.2) is 44.8 Å². The van der Waals surface area contributed by atoms with Crippen LogP contribution in [0, 0.1) is 0 Å². The number of carboxylic acids is 1. The van der Waals surface area contributed by atoms with Gasteiger partial charge in [0.05, 0.1) is 6.21 Å². The van der Waals surface area contributed by atoms with E-state index in [1.54, 1.807) is 0 Å². The summed E-state index contributed by atoms with van der Waals surface area (Å²) in [7, 11) is 0. The second-order valence-corrected chi connectivity index (χ2v) is 7.98. The molecule has 0 aliphatic rings. The summed E-state index contributed by atoms with van der Waals surface area (Å²) in [5.74, 6) is -0.991. The van der Waals surface area contributed by atoms with Gasteiger partial charge in [-0.25, -0.2) is 4.79 Å². The predicted octanol–water partition coefficient (Wildman–Crippen LogP) is 1.76. The standard InChI is InChI=1S/C20H21N5O2S3.Ni/c1-30-20(29)25-21-13-17(15-10-6-3-7-11-15)23-24-19(28)22-16(18(26)27)12-14-8-4-2-5-9-14;/h2-11,13,16H,12H2,1H3,(H,25,29)(H,26,27)(H2,22,24,28);/q;+2/p+2. The predicted molar refractivity (Wildman–Crippen MR) is 135 cm³/mol. The Morgan fingerprint density at radius 2 is 1.68 bits per heavy atom. The van der Waals surface area contributed by atoms with Gasteiger partial charge in [0.1, 0.15) is 11.8 Å². The third kappa shape index (κ3) is 10.2. The summed E-state index contributed by atoms with van der Waals surface area (Å²) < 4.78 is 0.620. The van der Waals surface area contributed by atoms with Crippen molar-refractivity contribution in [3.63, 3.8) is 0 Å². The molecule has 2 rings (SSSR count). The van der Waals surface area contributed by atoms with E-state index in [4.69, 9.17) is 0 Å². The van der Waals surface area contributed by atoms with Crippen molar-refractivity contribution < 1.29 is 26.4 Å². The van der Waals surface area contributed by atoms with Crippen molar-refractivity contribution in [1.29, 1.82) is 0 Å². The summed E-state index contributed by atoms with van der Waals surface area (Å²) >= 11 is 8.04. The summed E-state index contributed by atoms with van der Waals surface area (Å²) in [5, 5.41) is 28.8. The van der Waals surface area contributed by atoms with Crippen LogP contribution in [0.1, 0.15) is 11.1 Å². The topological polar surface area (TPSA) is 98.8 Å². The Morgan fingerprint density at radius 1 is 1.06 bits per heavy atom. The molecule has 2 aromatic rings. The molecular formula is C20H23N5NiO2S3+4. The number of nitrogens with one attached hydrogen (secondary N) is 1. The van der Waals surface area contributed by atoms with Gasteiger partial charge in [0, 0.05) is 37.2 Å². The summed E-state index contributed by atoms with van der Waals surface area (Å²) in [4.78, 5) is 11.6. The van der Waals surface area contributed by atoms with Crippen molar-refractivity contribution in [3.8, 4) is 0 Å². The molecule has 164 valence electrons. The number of benzene rings is 2. The normalized spacial score (nSPS) is 13.6. The van der Waals surface area contributed by atoms with E-state index in [-0.39, 0.29) is 21.7 Å². The maximum atomic E-state index is 11.6. The Balaban J connectivity index is 0.00000480. The summed E-state index contributed by atoms with van der Waals surface area (Å²) in [6.07, 6.45) is 3.65. The minimum Gasteiger partial charge on any atom is -0.480 e. The van der Waals surface area contributed by atoms with Crippen molar-refractivity contribution >= 4 is 64.5 Å². The summed E-state index contributed by atoms with van der Waals surface area (Å²) in [6.45, 7) is 0. The maximum absolute atomic E-state index is 11.6. The second-order valence-electron chi connectivity index (χ2n) is 5.88. The van der Waals surface area contributed by atoms with Crippen LogP contribution >= 0.6 is 11.8 Å². The first kappa shape index (κ1) is 27.0. The molecule has 0 aliphatic heterocycles. The van der Waals surface area contributed by atoms with Crippen LogP contribution < -0.4 is 5.32 Å². The molecule has 0 heterocycles. The number of nitrogens with zero attached hydrogens (tertiary/aromatic N) is 4. The van der Waals surface area contributed by atoms with Crippen LogP contribution in [0.15, 0.2) is 81.1 Å². The Labute approximate surface area is 206 Å². The van der Waals surface area contributed by atoms with E-state index in [1.807, 2.05) is 66.9 Å². The van der Waals surface area contributed by atoms with Gasteiger partial charge >= 0.3 is 27.6 Å². The fourth-order valence-corrected chi connectivity index (χ4v) is 2.70. The fraction of sp³-hybridized carbons (Fsp3) is 0.150. The van der Waals surface area contributed by atoms with Gasteiger partial charge in [-0.15, -0.1) is 5.10 Å². The van der Waals surface area contributed by atoms with Gasteiger partial charge in [0.2, 0.25) is 0 Å². The number of amidine groups is 1. The van der Waals surface area contributed by atoms with Crippen LogP contribution in [0.3, 0.4) is 0 Å². The number of rotatable bonds is 8. The molecule has 0 aromatic heterocycles. The molecule has 2 aromatic carbocycles. The van der Waals surface area contributed by atoms with Crippen molar-refractivity contribution in [2.24, 2.45) is 20.4 Å². The van der Waals surface area contributed by atoms with Gasteiger partial charge in [0.25, 0.3) is 4.38 Å². The van der Waals surface area contributed by atoms with Crippen molar-refractivity contribution in [2.75, 3.05) is 6.26 Å². The number of hydrogen-bond acceptors (Lipinski definition) is 6. The zero-order chi connectivity index (χ0) is 21.8. The fourth-order valence-electron chi connectivity index (χ4n) is 2.29. The first-order valence-corrected chi connectivity index (χ1v) is 11.0. The van der Waals surface area contributed by atoms with E-state index in [9.17, 15) is 9.90 Å². The molecule has 1 unspecified atom stereocenters. The molecule has 0 saturated heterocycles. The van der Waals surface area contributed by atoms with Gasteiger partial charge in [-0.2, -0.15) is 5.10 Å². The Kier molecular flexibility index (Phi) is 12.9. The zero-order valence-corrected chi connectivity index (χ0v) is 20.3. The first-order valence-electron chi connectivity index (χ1n) is 8.82. The Bertz CT molecular complexity index is 954. The van der Waals surface area contributed by atoms with Crippen molar-refractivity contribution in [2.45, 2.75) is 12.5 Å². The van der Waals surface area contributed by atoms with Gasteiger partial charge in [-0.1, -0.05) is 82.6 Å². The SMILES string of the molecule is CSC([SH2+])=NN=CC(=N/N=C(\[SH2+])NC(Cc1ccccc1)C(=O)O)c1ccccc1.[Ni+2]. The van der Waals surface area contributed by atoms with Crippen LogP contribution in [0.5, 0.6) is 0 Å². The summed E-state index contributed by atoms with van der Waals surface area (Å²) in [5.41, 5.74) is 2.15. The van der Waals surface area contributed by atoms with E-state index in [0.29, 0.717) is 16.5 Å². The molecule has 2 N–H and O–H groups in total. The monoisotopic (exact) mass is 519 g/mol. The van der Waals surface area contributed by atoms with E-state index >= 15 is 0 Å². The van der Waals surface area contributed by atoms with Gasteiger partial charge in [-0.3, -0.25) is 0 Å². The average Bonchev–Trinajstić information content (AvgIpc) is 2.76. The molecular weight excluding hydrogens is 497 g/mol. The van der Waals surface area contributed by atoms with Gasteiger partial charge in [0.15, 0.2) is 0 Å². The largest absolute Gasteiger partial charge is 2.00 e. The number of aliphatic carboxylic acids is 1. The van der Waals surface area contributed by atoms with E-state index in [0.717, 1.165) is 11.1 Å². The van der Waals surface area contributed by atoms with E-state index in [1.165, 1.54) is 18.0 Å². The molecule has 11 heteroatoms. The molecule has 0 spiro atoms. The van der Waals surface area contributed by atoms with Gasteiger partial charge in [-0.05, 0) is 11.8 Å². The van der Waals surface area contributed by atoms with Gasteiger partial charge < -0.3 is 10.4 Å². The number of hydrogen-bond donors (Lipinski definition) is 2. The van der Waals surface area contributed by atoms with Crippen molar-refractivity contribution in [3.05, 3.63) is 71.8 Å². The maximum Gasteiger partial charge on any atom is 2.00 e. The second kappa shape index (κ2) is 14.9.